The van der Waals surface area contributed by atoms with Gasteiger partial charge in [0.1, 0.15) is 11.4 Å². The average molecular weight is 718 g/mol. The highest BCUT2D eigenvalue weighted by atomic mass is 35.5. The van der Waals surface area contributed by atoms with Crippen molar-refractivity contribution in [3.05, 3.63) is 94.4 Å². The number of nitrogens with one attached hydrogen (secondary N) is 5. The van der Waals surface area contributed by atoms with Crippen LogP contribution in [0, 0.1) is 6.92 Å². The molecule has 0 aliphatic carbocycles. The first-order chi connectivity index (χ1) is 24.6. The molecule has 2 aromatic carbocycles. The Hall–Kier alpha value is -4.98. The number of ether oxygens (including phenoxy) is 1. The molecular formula is C37H38ClF2N7O4. The lowest BCUT2D eigenvalue weighted by Gasteiger charge is -2.17. The van der Waals surface area contributed by atoms with Crippen LogP contribution in [0.1, 0.15) is 52.9 Å². The van der Waals surface area contributed by atoms with E-state index >= 15 is 0 Å². The number of benzene rings is 2. The summed E-state index contributed by atoms with van der Waals surface area (Å²) >= 11 is 6.94. The Kier molecular flexibility index (Phi) is 11.5. The summed E-state index contributed by atoms with van der Waals surface area (Å²) in [6.07, 6.45) is 5.80. The molecule has 4 heterocycles. The highest BCUT2D eigenvalue weighted by Gasteiger charge is 2.22. The number of hydrogen-bond donors (Lipinski definition) is 5. The van der Waals surface area contributed by atoms with Crippen LogP contribution in [0.5, 0.6) is 5.75 Å². The molecule has 2 aromatic heterocycles. The van der Waals surface area contributed by atoms with Gasteiger partial charge in [0.15, 0.2) is 0 Å². The molecule has 0 saturated carbocycles. The summed E-state index contributed by atoms with van der Waals surface area (Å²) in [6, 6.07) is 15.8. The molecule has 2 aliphatic heterocycles. The zero-order valence-corrected chi connectivity index (χ0v) is 28.7. The molecular weight excluding hydrogens is 680 g/mol. The first-order valence-corrected chi connectivity index (χ1v) is 17.1. The third-order valence-corrected chi connectivity index (χ3v) is 9.35. The lowest BCUT2D eigenvalue weighted by atomic mass is 9.97. The Balaban J connectivity index is 1.14. The maximum absolute atomic E-state index is 13.4. The summed E-state index contributed by atoms with van der Waals surface area (Å²) in [7, 11) is 0. The van der Waals surface area contributed by atoms with Gasteiger partial charge in [-0.3, -0.25) is 24.4 Å². The van der Waals surface area contributed by atoms with Crippen molar-refractivity contribution in [1.29, 1.82) is 0 Å². The van der Waals surface area contributed by atoms with Crippen molar-refractivity contribution in [2.45, 2.75) is 64.4 Å². The van der Waals surface area contributed by atoms with Crippen molar-refractivity contribution < 1.29 is 27.9 Å². The number of pyridine rings is 2. The molecule has 6 rings (SSSR count). The van der Waals surface area contributed by atoms with Gasteiger partial charge < -0.3 is 31.3 Å². The van der Waals surface area contributed by atoms with E-state index in [2.05, 4.69) is 36.6 Å². The second-order valence-corrected chi connectivity index (χ2v) is 13.0. The topological polar surface area (TPSA) is 146 Å². The number of halogens is 3. The van der Waals surface area contributed by atoms with Crippen molar-refractivity contribution in [2.75, 3.05) is 18.4 Å². The molecule has 5 N–H and O–H groups in total. The van der Waals surface area contributed by atoms with Gasteiger partial charge in [-0.2, -0.15) is 8.78 Å². The smallest absolute Gasteiger partial charge is 0.387 e. The molecule has 2 atom stereocenters. The number of alkyl halides is 2. The highest BCUT2D eigenvalue weighted by molar-refractivity contribution is 6.35. The standard InChI is InChI=1S/C37H38ClF2N7O4/c1-21-27(3-2-4-29(21)47-36(50)30-10-5-22(17-44-30)16-41-19-25-8-11-32(48)45-25)28-13-14-43-35(34(28)38)23-6-7-24(31(15-23)51-37(39)40)18-42-20-26-9-12-33(49)46-26/h2-7,10,13-15,17,25-26,37,41-42H,8-9,11-12,16,18-20H2,1H3,(H,45,48)(H,46,49)(H,47,50)/t25-,26-/m0/s1. The molecule has 2 aliphatic rings. The minimum absolute atomic E-state index is 0.00313. The van der Waals surface area contributed by atoms with Crippen molar-refractivity contribution in [3.63, 3.8) is 0 Å². The van der Waals surface area contributed by atoms with Gasteiger partial charge in [-0.1, -0.05) is 41.9 Å². The Morgan fingerprint density at radius 1 is 0.941 bits per heavy atom. The van der Waals surface area contributed by atoms with Gasteiger partial charge in [0.25, 0.3) is 5.91 Å². The maximum Gasteiger partial charge on any atom is 0.387 e. The van der Waals surface area contributed by atoms with E-state index in [0.717, 1.165) is 29.5 Å². The van der Waals surface area contributed by atoms with Crippen LogP contribution in [0.4, 0.5) is 14.5 Å². The van der Waals surface area contributed by atoms with Gasteiger partial charge >= 0.3 is 6.61 Å². The van der Waals surface area contributed by atoms with E-state index in [4.69, 9.17) is 16.3 Å². The first kappa shape index (κ1) is 35.8. The van der Waals surface area contributed by atoms with Crippen LogP contribution in [-0.4, -0.2) is 59.5 Å². The molecule has 11 nitrogen and oxygen atoms in total. The lowest BCUT2D eigenvalue weighted by Crippen LogP contribution is -2.35. The third kappa shape index (κ3) is 9.04. The second kappa shape index (κ2) is 16.4. The minimum atomic E-state index is -3.04. The van der Waals surface area contributed by atoms with Crippen LogP contribution in [0.25, 0.3) is 22.4 Å². The average Bonchev–Trinajstić information content (AvgIpc) is 3.73. The molecule has 0 spiro atoms. The lowest BCUT2D eigenvalue weighted by molar-refractivity contribution is -0.120. The molecule has 0 bridgehead atoms. The normalized spacial score (nSPS) is 17.0. The zero-order chi connectivity index (χ0) is 35.9. The van der Waals surface area contributed by atoms with Crippen LogP contribution in [0.2, 0.25) is 5.02 Å². The maximum atomic E-state index is 13.4. The third-order valence-electron chi connectivity index (χ3n) is 8.97. The number of rotatable bonds is 14. The number of hydrogen-bond acceptors (Lipinski definition) is 8. The minimum Gasteiger partial charge on any atom is -0.434 e. The molecule has 0 radical (unpaired) electrons. The number of amides is 3. The molecule has 51 heavy (non-hydrogen) atoms. The monoisotopic (exact) mass is 717 g/mol. The Bertz CT molecular complexity index is 1910. The Morgan fingerprint density at radius 2 is 1.67 bits per heavy atom. The highest BCUT2D eigenvalue weighted by Crippen LogP contribution is 2.39. The molecule has 0 unspecified atom stereocenters. The molecule has 4 aromatic rings. The van der Waals surface area contributed by atoms with E-state index in [9.17, 15) is 23.2 Å². The van der Waals surface area contributed by atoms with Crippen LogP contribution < -0.4 is 31.3 Å². The molecule has 14 heteroatoms. The number of nitrogens with zero attached hydrogens (tertiary/aromatic N) is 2. The summed E-state index contributed by atoms with van der Waals surface area (Å²) in [5.74, 6) is -0.305. The van der Waals surface area contributed by atoms with E-state index in [0.29, 0.717) is 65.6 Å². The van der Waals surface area contributed by atoms with Crippen LogP contribution >= 0.6 is 11.6 Å². The predicted molar refractivity (Wildman–Crippen MR) is 189 cm³/mol. The number of carbonyl (C=O) groups excluding carboxylic acids is 3. The fraction of sp³-hybridized carbons (Fsp3) is 0.324. The number of aromatic nitrogens is 2. The quantitative estimate of drug-likeness (QED) is 0.117. The van der Waals surface area contributed by atoms with Crippen molar-refractivity contribution in [3.8, 4) is 28.1 Å². The zero-order valence-electron chi connectivity index (χ0n) is 27.9. The van der Waals surface area contributed by atoms with Crippen molar-refractivity contribution in [2.24, 2.45) is 0 Å². The molecule has 2 fully saturated rings. The van der Waals surface area contributed by atoms with E-state index in [1.54, 1.807) is 48.8 Å². The largest absolute Gasteiger partial charge is 0.434 e. The number of carbonyl (C=O) groups is 3. The Morgan fingerprint density at radius 3 is 2.31 bits per heavy atom. The fourth-order valence-corrected chi connectivity index (χ4v) is 6.57. The van der Waals surface area contributed by atoms with E-state index in [1.807, 2.05) is 19.1 Å². The fourth-order valence-electron chi connectivity index (χ4n) is 6.25. The van der Waals surface area contributed by atoms with Crippen LogP contribution in [0.15, 0.2) is 67.0 Å². The molecule has 2 saturated heterocycles. The van der Waals surface area contributed by atoms with Crippen molar-refractivity contribution >= 4 is 35.0 Å². The molecule has 3 amide bonds. The van der Waals surface area contributed by atoms with E-state index in [1.165, 1.54) is 6.07 Å². The van der Waals surface area contributed by atoms with E-state index in [-0.39, 0.29) is 47.8 Å². The summed E-state index contributed by atoms with van der Waals surface area (Å²) in [4.78, 5) is 44.9. The van der Waals surface area contributed by atoms with Gasteiger partial charge in [0.2, 0.25) is 11.8 Å². The first-order valence-electron chi connectivity index (χ1n) is 16.7. The van der Waals surface area contributed by atoms with Gasteiger partial charge in [0.05, 0.1) is 10.7 Å². The van der Waals surface area contributed by atoms with Gasteiger partial charge in [0, 0.05) is 85.9 Å². The van der Waals surface area contributed by atoms with Gasteiger partial charge in [-0.05, 0) is 60.7 Å². The summed E-state index contributed by atoms with van der Waals surface area (Å²) < 4.78 is 31.7. The Labute approximate surface area is 298 Å². The summed E-state index contributed by atoms with van der Waals surface area (Å²) in [6.45, 7) is 0.805. The van der Waals surface area contributed by atoms with Crippen LogP contribution in [0.3, 0.4) is 0 Å². The van der Waals surface area contributed by atoms with Gasteiger partial charge in [-0.25, -0.2) is 0 Å². The predicted octanol–water partition coefficient (Wildman–Crippen LogP) is 5.36. The molecule has 266 valence electrons. The SMILES string of the molecule is Cc1c(NC(=O)c2ccc(CNC[C@@H]3CCC(=O)N3)cn2)cccc1-c1ccnc(-c2ccc(CNC[C@@H]3CCC(=O)N3)c(OC(F)F)c2)c1Cl. The summed E-state index contributed by atoms with van der Waals surface area (Å²) in [5, 5.41) is 15.6. The van der Waals surface area contributed by atoms with Crippen molar-refractivity contribution in [1.82, 2.24) is 31.2 Å². The number of anilines is 1. The van der Waals surface area contributed by atoms with Crippen LogP contribution in [-0.2, 0) is 22.7 Å². The summed E-state index contributed by atoms with van der Waals surface area (Å²) in [5.41, 5.74) is 5.26. The van der Waals surface area contributed by atoms with Gasteiger partial charge in [-0.15, -0.1) is 0 Å². The van der Waals surface area contributed by atoms with E-state index < -0.39 is 6.61 Å². The second-order valence-electron chi connectivity index (χ2n) is 12.6.